The largest absolute Gasteiger partial charge is 0.338 e. The smallest absolute Gasteiger partial charge is 0.254 e. The average molecular weight is 374 g/mol. The molecule has 4 heterocycles. The normalized spacial score (nSPS) is 21.5. The Morgan fingerprint density at radius 1 is 1.23 bits per heavy atom. The lowest BCUT2D eigenvalue weighted by Gasteiger charge is -2.32. The molecule has 4 rings (SSSR count). The van der Waals surface area contributed by atoms with E-state index in [-0.39, 0.29) is 11.8 Å². The predicted octanol–water partition coefficient (Wildman–Crippen LogP) is 2.80. The van der Waals surface area contributed by atoms with E-state index in [9.17, 15) is 4.79 Å². The molecule has 2 aromatic heterocycles. The summed E-state index contributed by atoms with van der Waals surface area (Å²) in [6, 6.07) is 1.99. The first-order valence-corrected chi connectivity index (χ1v) is 10.4. The molecule has 0 aliphatic carbocycles. The van der Waals surface area contributed by atoms with Crippen LogP contribution in [0.2, 0.25) is 0 Å². The average Bonchev–Trinajstić information content (AvgIpc) is 3.38. The topological polar surface area (TPSA) is 54.3 Å². The van der Waals surface area contributed by atoms with Crippen molar-refractivity contribution in [3.8, 4) is 0 Å². The van der Waals surface area contributed by atoms with Gasteiger partial charge in [-0.1, -0.05) is 0 Å². The molecular formula is C19H27N5OS. The van der Waals surface area contributed by atoms with Crippen LogP contribution >= 0.6 is 11.3 Å². The monoisotopic (exact) mass is 373 g/mol. The van der Waals surface area contributed by atoms with Gasteiger partial charge >= 0.3 is 0 Å². The number of nitrogens with zero attached hydrogens (tertiary/aromatic N) is 5. The second kappa shape index (κ2) is 7.48. The Hall–Kier alpha value is -1.73. The van der Waals surface area contributed by atoms with Gasteiger partial charge in [0.1, 0.15) is 11.6 Å². The van der Waals surface area contributed by atoms with Crippen molar-refractivity contribution in [2.45, 2.75) is 45.1 Å². The molecule has 2 aliphatic heterocycles. The van der Waals surface area contributed by atoms with Crippen LogP contribution in [0.4, 0.5) is 0 Å². The van der Waals surface area contributed by atoms with Crippen LogP contribution in [0, 0.1) is 6.92 Å². The third-order valence-electron chi connectivity index (χ3n) is 5.61. The van der Waals surface area contributed by atoms with E-state index in [2.05, 4.69) is 26.7 Å². The molecule has 0 unspecified atom stereocenters. The summed E-state index contributed by atoms with van der Waals surface area (Å²) in [5.41, 5.74) is 0.820. The molecule has 0 radical (unpaired) electrons. The number of aromatic nitrogens is 3. The first kappa shape index (κ1) is 17.7. The molecule has 7 heteroatoms. The number of piperidine rings is 1. The van der Waals surface area contributed by atoms with Gasteiger partial charge < -0.3 is 9.47 Å². The minimum atomic E-state index is 0.151. The molecule has 0 N–H and O–H groups in total. The van der Waals surface area contributed by atoms with Gasteiger partial charge in [0.05, 0.1) is 12.1 Å². The number of amides is 1. The number of likely N-dealkylation sites (tertiary alicyclic amines) is 2. The fraction of sp³-hybridized carbons (Fsp3) is 0.632. The number of carbonyl (C=O) groups excluding carboxylic acids is 1. The number of hydrogen-bond donors (Lipinski definition) is 0. The SMILES string of the molecule is Cc1cc(C(=O)N2CCC[C@@H](c3nnc(CN4CCCC4)n3C)C2)cs1. The van der Waals surface area contributed by atoms with Crippen LogP contribution in [0.5, 0.6) is 0 Å². The zero-order valence-electron chi connectivity index (χ0n) is 15.6. The molecule has 0 saturated carbocycles. The quantitative estimate of drug-likeness (QED) is 0.827. The number of hydrogen-bond acceptors (Lipinski definition) is 5. The van der Waals surface area contributed by atoms with E-state index in [0.29, 0.717) is 0 Å². The highest BCUT2D eigenvalue weighted by Gasteiger charge is 2.29. The maximum atomic E-state index is 12.8. The van der Waals surface area contributed by atoms with Crippen LogP contribution in [0.1, 0.15) is 58.5 Å². The van der Waals surface area contributed by atoms with Gasteiger partial charge in [-0.05, 0) is 51.8 Å². The summed E-state index contributed by atoms with van der Waals surface area (Å²) in [6.45, 7) is 6.82. The van der Waals surface area contributed by atoms with Gasteiger partial charge in [0.2, 0.25) is 0 Å². The molecule has 6 nitrogen and oxygen atoms in total. The summed E-state index contributed by atoms with van der Waals surface area (Å²) in [5.74, 6) is 2.49. The summed E-state index contributed by atoms with van der Waals surface area (Å²) >= 11 is 1.64. The first-order valence-electron chi connectivity index (χ1n) is 9.57. The Morgan fingerprint density at radius 2 is 2.04 bits per heavy atom. The molecule has 2 aliphatic rings. The second-order valence-corrected chi connectivity index (χ2v) is 8.67. The van der Waals surface area contributed by atoms with Crippen molar-refractivity contribution in [3.05, 3.63) is 33.5 Å². The molecule has 0 bridgehead atoms. The van der Waals surface area contributed by atoms with E-state index in [1.807, 2.05) is 23.3 Å². The van der Waals surface area contributed by atoms with E-state index in [1.165, 1.54) is 17.7 Å². The van der Waals surface area contributed by atoms with Crippen molar-refractivity contribution in [2.24, 2.45) is 7.05 Å². The van der Waals surface area contributed by atoms with E-state index < -0.39 is 0 Å². The zero-order valence-corrected chi connectivity index (χ0v) is 16.5. The van der Waals surface area contributed by atoms with Crippen molar-refractivity contribution >= 4 is 17.2 Å². The van der Waals surface area contributed by atoms with Gasteiger partial charge in [0.25, 0.3) is 5.91 Å². The van der Waals surface area contributed by atoms with Crippen LogP contribution in [0.15, 0.2) is 11.4 Å². The van der Waals surface area contributed by atoms with Crippen LogP contribution in [0.25, 0.3) is 0 Å². The van der Waals surface area contributed by atoms with Gasteiger partial charge in [-0.25, -0.2) is 0 Å². The maximum absolute atomic E-state index is 12.8. The van der Waals surface area contributed by atoms with E-state index in [0.717, 1.165) is 62.8 Å². The van der Waals surface area contributed by atoms with Crippen LogP contribution in [0.3, 0.4) is 0 Å². The van der Waals surface area contributed by atoms with Gasteiger partial charge in [0.15, 0.2) is 0 Å². The van der Waals surface area contributed by atoms with E-state index in [1.54, 1.807) is 11.3 Å². The maximum Gasteiger partial charge on any atom is 0.254 e. The standard InChI is InChI=1S/C19H27N5OS/c1-14-10-16(13-26-14)19(25)24-9-5-6-15(11-24)18-21-20-17(22(18)2)12-23-7-3-4-8-23/h10,13,15H,3-9,11-12H2,1-2H3/t15-/m1/s1. The highest BCUT2D eigenvalue weighted by molar-refractivity contribution is 7.10. The van der Waals surface area contributed by atoms with Crippen LogP contribution in [-0.2, 0) is 13.6 Å². The van der Waals surface area contributed by atoms with Crippen LogP contribution in [-0.4, -0.2) is 56.7 Å². The van der Waals surface area contributed by atoms with Crippen LogP contribution < -0.4 is 0 Å². The Morgan fingerprint density at radius 3 is 2.77 bits per heavy atom. The number of thiophene rings is 1. The molecule has 2 fully saturated rings. The molecule has 26 heavy (non-hydrogen) atoms. The van der Waals surface area contributed by atoms with Crippen molar-refractivity contribution in [2.75, 3.05) is 26.2 Å². The summed E-state index contributed by atoms with van der Waals surface area (Å²) in [7, 11) is 2.07. The van der Waals surface area contributed by atoms with Gasteiger partial charge in [-0.3, -0.25) is 9.69 Å². The molecule has 0 spiro atoms. The fourth-order valence-corrected chi connectivity index (χ4v) is 4.80. The number of rotatable bonds is 4. The van der Waals surface area contributed by atoms with Gasteiger partial charge in [-0.2, -0.15) is 0 Å². The van der Waals surface area contributed by atoms with Crippen molar-refractivity contribution < 1.29 is 4.79 Å². The van der Waals surface area contributed by atoms with Gasteiger partial charge in [-0.15, -0.1) is 21.5 Å². The number of carbonyl (C=O) groups is 1. The zero-order chi connectivity index (χ0) is 18.1. The highest BCUT2D eigenvalue weighted by atomic mass is 32.1. The molecule has 1 atom stereocenters. The molecule has 1 amide bonds. The first-order chi connectivity index (χ1) is 12.6. The molecular weight excluding hydrogens is 346 g/mol. The lowest BCUT2D eigenvalue weighted by atomic mass is 9.96. The third-order valence-corrected chi connectivity index (χ3v) is 6.48. The summed E-state index contributed by atoms with van der Waals surface area (Å²) in [5, 5.41) is 10.9. The van der Waals surface area contributed by atoms with E-state index in [4.69, 9.17) is 0 Å². The second-order valence-electron chi connectivity index (χ2n) is 7.55. The van der Waals surface area contributed by atoms with Gasteiger partial charge in [0, 0.05) is 36.3 Å². The predicted molar refractivity (Wildman–Crippen MR) is 102 cm³/mol. The Kier molecular flexibility index (Phi) is 5.09. The molecule has 2 saturated heterocycles. The summed E-state index contributed by atoms with van der Waals surface area (Å²) < 4.78 is 2.16. The van der Waals surface area contributed by atoms with Crippen molar-refractivity contribution in [1.29, 1.82) is 0 Å². The van der Waals surface area contributed by atoms with Crippen molar-refractivity contribution in [3.63, 3.8) is 0 Å². The minimum absolute atomic E-state index is 0.151. The molecule has 0 aromatic carbocycles. The summed E-state index contributed by atoms with van der Waals surface area (Å²) in [6.07, 6.45) is 4.66. The lowest BCUT2D eigenvalue weighted by Crippen LogP contribution is -2.39. The lowest BCUT2D eigenvalue weighted by molar-refractivity contribution is 0.0704. The fourth-order valence-electron chi connectivity index (χ4n) is 4.12. The Labute approximate surface area is 158 Å². The number of aryl methyl sites for hydroxylation is 1. The Bertz CT molecular complexity index is 777. The van der Waals surface area contributed by atoms with Crippen molar-refractivity contribution in [1.82, 2.24) is 24.6 Å². The molecule has 2 aromatic rings. The highest BCUT2D eigenvalue weighted by Crippen LogP contribution is 2.28. The minimum Gasteiger partial charge on any atom is -0.338 e. The van der Waals surface area contributed by atoms with E-state index >= 15 is 0 Å². The summed E-state index contributed by atoms with van der Waals surface area (Å²) in [4.78, 5) is 18.4. The Balaban J connectivity index is 1.46. The third kappa shape index (κ3) is 3.55. The molecule has 140 valence electrons.